The summed E-state index contributed by atoms with van der Waals surface area (Å²) in [7, 11) is 0. The first-order valence-electron chi connectivity index (χ1n) is 11.2. The molecule has 8 nitrogen and oxygen atoms in total. The van der Waals surface area contributed by atoms with E-state index in [-0.39, 0.29) is 35.2 Å². The largest absolute Gasteiger partial charge is 0.506 e. The number of aryl methyl sites for hydroxylation is 1. The molecule has 2 aliphatic rings. The fourth-order valence-corrected chi connectivity index (χ4v) is 4.65. The third-order valence-electron chi connectivity index (χ3n) is 6.35. The number of phenols is 1. The number of nitrogens with two attached hydrogens (primary N) is 1. The van der Waals surface area contributed by atoms with Gasteiger partial charge in [0.25, 0.3) is 0 Å². The zero-order chi connectivity index (χ0) is 23.5. The fraction of sp³-hybridized carbons (Fsp3) is 0.417. The summed E-state index contributed by atoms with van der Waals surface area (Å²) in [6.07, 6.45) is 0. The molecular weight excluding hydrogens is 442 g/mol. The van der Waals surface area contributed by atoms with Gasteiger partial charge in [0.1, 0.15) is 5.75 Å². The summed E-state index contributed by atoms with van der Waals surface area (Å²) in [6.45, 7) is 6.21. The molecule has 0 aromatic heterocycles. The van der Waals surface area contributed by atoms with Gasteiger partial charge in [-0.15, -0.1) is 0 Å². The SMILES string of the molecule is Cc1cccc(N2CCN(C(=O)CN3C[C@H](C(=O)Nc4ccc(O)c(Cl)c4)[C@@H](N)C3)CC2)c1. The molecule has 2 aromatic rings. The van der Waals surface area contributed by atoms with Gasteiger partial charge in [0, 0.05) is 56.7 Å². The summed E-state index contributed by atoms with van der Waals surface area (Å²) in [6, 6.07) is 12.6. The van der Waals surface area contributed by atoms with E-state index in [2.05, 4.69) is 41.4 Å². The molecule has 0 unspecified atom stereocenters. The summed E-state index contributed by atoms with van der Waals surface area (Å²) >= 11 is 5.91. The Morgan fingerprint density at radius 2 is 1.88 bits per heavy atom. The summed E-state index contributed by atoms with van der Waals surface area (Å²) in [4.78, 5) is 31.8. The van der Waals surface area contributed by atoms with Gasteiger partial charge < -0.3 is 26.0 Å². The van der Waals surface area contributed by atoms with Crippen LogP contribution in [0.15, 0.2) is 42.5 Å². The van der Waals surface area contributed by atoms with Crippen LogP contribution in [0.25, 0.3) is 0 Å². The molecule has 0 spiro atoms. The van der Waals surface area contributed by atoms with Crippen molar-refractivity contribution in [3.05, 3.63) is 53.1 Å². The number of phenolic OH excluding ortho intramolecular Hbond substituents is 1. The third kappa shape index (κ3) is 5.58. The molecule has 2 heterocycles. The van der Waals surface area contributed by atoms with Crippen LogP contribution < -0.4 is 16.0 Å². The van der Waals surface area contributed by atoms with Crippen molar-refractivity contribution in [2.75, 3.05) is 56.0 Å². The number of carbonyl (C=O) groups is 2. The van der Waals surface area contributed by atoms with Crippen molar-refractivity contribution in [3.8, 4) is 5.75 Å². The Balaban J connectivity index is 1.27. The van der Waals surface area contributed by atoms with Crippen LogP contribution >= 0.6 is 11.6 Å². The monoisotopic (exact) mass is 471 g/mol. The van der Waals surface area contributed by atoms with E-state index < -0.39 is 5.92 Å². The maximum absolute atomic E-state index is 12.9. The number of anilines is 2. The van der Waals surface area contributed by atoms with Crippen LogP contribution in [0.5, 0.6) is 5.75 Å². The van der Waals surface area contributed by atoms with Crippen LogP contribution in [0.3, 0.4) is 0 Å². The van der Waals surface area contributed by atoms with Crippen molar-refractivity contribution < 1.29 is 14.7 Å². The maximum atomic E-state index is 12.9. The molecular formula is C24H30ClN5O3. The van der Waals surface area contributed by atoms with Crippen molar-refractivity contribution >= 4 is 34.8 Å². The summed E-state index contributed by atoms with van der Waals surface area (Å²) in [5, 5.41) is 12.5. The highest BCUT2D eigenvalue weighted by atomic mass is 35.5. The van der Waals surface area contributed by atoms with E-state index in [9.17, 15) is 14.7 Å². The van der Waals surface area contributed by atoms with Crippen LogP contribution in [0.4, 0.5) is 11.4 Å². The predicted molar refractivity (Wildman–Crippen MR) is 130 cm³/mol. The second kappa shape index (κ2) is 9.99. The second-order valence-corrected chi connectivity index (χ2v) is 9.23. The van der Waals surface area contributed by atoms with Crippen LogP contribution in [0.2, 0.25) is 5.02 Å². The Bertz CT molecular complexity index is 1020. The maximum Gasteiger partial charge on any atom is 0.236 e. The van der Waals surface area contributed by atoms with Gasteiger partial charge in [-0.25, -0.2) is 0 Å². The summed E-state index contributed by atoms with van der Waals surface area (Å²) < 4.78 is 0. The lowest BCUT2D eigenvalue weighted by Crippen LogP contribution is -2.51. The Labute approximate surface area is 198 Å². The Morgan fingerprint density at radius 1 is 1.12 bits per heavy atom. The second-order valence-electron chi connectivity index (χ2n) is 8.83. The van der Waals surface area contributed by atoms with Gasteiger partial charge in [-0.3, -0.25) is 14.5 Å². The molecule has 4 N–H and O–H groups in total. The number of benzene rings is 2. The first-order valence-corrected chi connectivity index (χ1v) is 11.5. The van der Waals surface area contributed by atoms with Crippen molar-refractivity contribution in [2.45, 2.75) is 13.0 Å². The molecule has 2 saturated heterocycles. The molecule has 2 atom stereocenters. The van der Waals surface area contributed by atoms with Gasteiger partial charge in [0.15, 0.2) is 0 Å². The number of aromatic hydroxyl groups is 1. The van der Waals surface area contributed by atoms with Crippen molar-refractivity contribution in [1.29, 1.82) is 0 Å². The molecule has 2 amide bonds. The number of rotatable bonds is 5. The van der Waals surface area contributed by atoms with Gasteiger partial charge in [-0.1, -0.05) is 23.7 Å². The lowest BCUT2D eigenvalue weighted by atomic mass is 10.0. The fourth-order valence-electron chi connectivity index (χ4n) is 4.47. The van der Waals surface area contributed by atoms with Gasteiger partial charge >= 0.3 is 0 Å². The first-order chi connectivity index (χ1) is 15.8. The number of halogens is 1. The smallest absolute Gasteiger partial charge is 0.236 e. The molecule has 2 aromatic carbocycles. The minimum atomic E-state index is -0.427. The Hall–Kier alpha value is -2.81. The minimum absolute atomic E-state index is 0.0448. The van der Waals surface area contributed by atoms with Crippen molar-refractivity contribution in [2.24, 2.45) is 11.7 Å². The van der Waals surface area contributed by atoms with Gasteiger partial charge in [-0.05, 0) is 42.8 Å². The number of nitrogens with zero attached hydrogens (tertiary/aromatic N) is 3. The number of hydrogen-bond donors (Lipinski definition) is 3. The van der Waals surface area contributed by atoms with Crippen LogP contribution in [-0.4, -0.2) is 78.6 Å². The molecule has 2 aliphatic heterocycles. The van der Waals surface area contributed by atoms with Crippen molar-refractivity contribution in [1.82, 2.24) is 9.80 Å². The van der Waals surface area contributed by atoms with Crippen LogP contribution in [0.1, 0.15) is 5.56 Å². The molecule has 176 valence electrons. The molecule has 2 fully saturated rings. The average molecular weight is 472 g/mol. The quantitative estimate of drug-likeness (QED) is 0.576. The molecule has 33 heavy (non-hydrogen) atoms. The van der Waals surface area contributed by atoms with Gasteiger partial charge in [0.05, 0.1) is 17.5 Å². The van der Waals surface area contributed by atoms with E-state index in [0.717, 1.165) is 13.1 Å². The third-order valence-corrected chi connectivity index (χ3v) is 6.65. The zero-order valence-corrected chi connectivity index (χ0v) is 19.5. The van der Waals surface area contributed by atoms with Crippen LogP contribution in [-0.2, 0) is 9.59 Å². The molecule has 0 aliphatic carbocycles. The molecule has 9 heteroatoms. The first kappa shape index (κ1) is 23.4. The molecule has 0 saturated carbocycles. The van der Waals surface area contributed by atoms with E-state index in [1.807, 2.05) is 9.80 Å². The highest BCUT2D eigenvalue weighted by molar-refractivity contribution is 6.32. The highest BCUT2D eigenvalue weighted by Gasteiger charge is 2.36. The van der Waals surface area contributed by atoms with E-state index in [0.29, 0.717) is 31.9 Å². The number of amides is 2. The minimum Gasteiger partial charge on any atom is -0.506 e. The van der Waals surface area contributed by atoms with Crippen molar-refractivity contribution in [3.63, 3.8) is 0 Å². The van der Waals surface area contributed by atoms with Crippen LogP contribution in [0, 0.1) is 12.8 Å². The topological polar surface area (TPSA) is 102 Å². The number of likely N-dealkylation sites (tertiary alicyclic amines) is 1. The molecule has 0 bridgehead atoms. The number of hydrogen-bond acceptors (Lipinski definition) is 6. The normalized spacial score (nSPS) is 21.3. The van der Waals surface area contributed by atoms with E-state index in [4.69, 9.17) is 17.3 Å². The standard InChI is InChI=1S/C24H30ClN5O3/c1-16-3-2-4-18(11-16)29-7-9-30(10-8-29)23(32)15-28-13-19(21(26)14-28)24(33)27-17-5-6-22(31)20(25)12-17/h2-6,11-12,19,21,31H,7-10,13-15,26H2,1H3,(H,27,33)/t19-,21-/m0/s1. The molecule has 0 radical (unpaired) electrons. The average Bonchev–Trinajstić information content (AvgIpc) is 3.16. The van der Waals surface area contributed by atoms with E-state index >= 15 is 0 Å². The predicted octanol–water partition coefficient (Wildman–Crippen LogP) is 1.90. The lowest BCUT2D eigenvalue weighted by Gasteiger charge is -2.37. The van der Waals surface area contributed by atoms with Gasteiger partial charge in [-0.2, -0.15) is 0 Å². The number of carbonyl (C=O) groups excluding carboxylic acids is 2. The molecule has 4 rings (SSSR count). The Morgan fingerprint density at radius 3 is 2.58 bits per heavy atom. The van der Waals surface area contributed by atoms with Gasteiger partial charge in [0.2, 0.25) is 11.8 Å². The zero-order valence-electron chi connectivity index (χ0n) is 18.7. The lowest BCUT2D eigenvalue weighted by molar-refractivity contribution is -0.132. The highest BCUT2D eigenvalue weighted by Crippen LogP contribution is 2.27. The summed E-state index contributed by atoms with van der Waals surface area (Å²) in [5.74, 6) is -0.622. The number of piperazine rings is 1. The number of nitrogens with one attached hydrogen (secondary N) is 1. The van der Waals surface area contributed by atoms with E-state index in [1.54, 1.807) is 6.07 Å². The van der Waals surface area contributed by atoms with E-state index in [1.165, 1.54) is 23.4 Å². The Kier molecular flexibility index (Phi) is 7.07. The summed E-state index contributed by atoms with van der Waals surface area (Å²) in [5.41, 5.74) is 9.14.